The van der Waals surface area contributed by atoms with Gasteiger partial charge in [-0.2, -0.15) is 0 Å². The van der Waals surface area contributed by atoms with Crippen LogP contribution < -0.4 is 11.0 Å². The Morgan fingerprint density at radius 1 is 0.905 bits per heavy atom. The van der Waals surface area contributed by atoms with E-state index in [1.807, 2.05) is 30.3 Å². The fraction of sp³-hybridized carbons (Fsp3) is 0.0588. The Morgan fingerprint density at radius 3 is 2.33 bits per heavy atom. The first kappa shape index (κ1) is 13.1. The van der Waals surface area contributed by atoms with Crippen molar-refractivity contribution in [3.8, 4) is 5.75 Å². The number of H-pyrrole nitrogens is 1. The molecule has 0 unspecified atom stereocenters. The molecule has 21 heavy (non-hydrogen) atoms. The molecule has 104 valence electrons. The first-order valence-electron chi connectivity index (χ1n) is 6.58. The van der Waals surface area contributed by atoms with Gasteiger partial charge in [0.15, 0.2) is 11.2 Å². The van der Waals surface area contributed by atoms with E-state index in [-0.39, 0.29) is 17.4 Å². The summed E-state index contributed by atoms with van der Waals surface area (Å²) in [4.78, 5) is 27.1. The summed E-state index contributed by atoms with van der Waals surface area (Å²) in [5, 5.41) is 10.5. The molecule has 0 fully saturated rings. The standard InChI is InChI=1S/C17H13NO3/c19-15-12-8-4-5-9-14(12)18-17(21)16(20)13(15)10-11-6-2-1-3-7-11/h1-9,20H,10H2,(H,18,21). The molecule has 0 aliphatic rings. The summed E-state index contributed by atoms with van der Waals surface area (Å²) in [6.45, 7) is 0. The highest BCUT2D eigenvalue weighted by Crippen LogP contribution is 2.14. The average molecular weight is 279 g/mol. The van der Waals surface area contributed by atoms with Crippen LogP contribution in [-0.2, 0) is 6.42 Å². The van der Waals surface area contributed by atoms with Crippen molar-refractivity contribution in [1.82, 2.24) is 4.98 Å². The fourth-order valence-electron chi connectivity index (χ4n) is 2.34. The topological polar surface area (TPSA) is 70.2 Å². The molecule has 3 aromatic rings. The minimum Gasteiger partial charge on any atom is -0.503 e. The van der Waals surface area contributed by atoms with Gasteiger partial charge in [-0.25, -0.2) is 0 Å². The van der Waals surface area contributed by atoms with Gasteiger partial charge in [-0.3, -0.25) is 9.59 Å². The van der Waals surface area contributed by atoms with E-state index >= 15 is 0 Å². The van der Waals surface area contributed by atoms with Gasteiger partial charge in [-0.1, -0.05) is 42.5 Å². The van der Waals surface area contributed by atoms with Crippen molar-refractivity contribution in [3.63, 3.8) is 0 Å². The Balaban J connectivity index is 2.32. The van der Waals surface area contributed by atoms with Gasteiger partial charge < -0.3 is 10.1 Å². The van der Waals surface area contributed by atoms with E-state index in [0.717, 1.165) is 5.56 Å². The summed E-state index contributed by atoms with van der Waals surface area (Å²) < 4.78 is 0. The van der Waals surface area contributed by atoms with Crippen molar-refractivity contribution < 1.29 is 5.11 Å². The molecular weight excluding hydrogens is 266 g/mol. The third-order valence-electron chi connectivity index (χ3n) is 3.42. The number of para-hydroxylation sites is 1. The first-order valence-corrected chi connectivity index (χ1v) is 6.58. The lowest BCUT2D eigenvalue weighted by Gasteiger charge is -2.00. The number of benzene rings is 2. The summed E-state index contributed by atoms with van der Waals surface area (Å²) in [5.41, 5.74) is 0.412. The minimum absolute atomic E-state index is 0.114. The molecule has 0 aliphatic heterocycles. The maximum atomic E-state index is 12.6. The van der Waals surface area contributed by atoms with Crippen LogP contribution in [0.1, 0.15) is 11.1 Å². The molecule has 0 atom stereocenters. The van der Waals surface area contributed by atoms with E-state index in [9.17, 15) is 14.7 Å². The minimum atomic E-state index is -0.653. The van der Waals surface area contributed by atoms with Crippen LogP contribution in [0.25, 0.3) is 10.9 Å². The molecule has 0 amide bonds. The lowest BCUT2D eigenvalue weighted by Crippen LogP contribution is -2.10. The molecule has 0 spiro atoms. The molecule has 2 aromatic carbocycles. The molecule has 2 N–H and O–H groups in total. The molecular formula is C17H13NO3. The summed E-state index contributed by atoms with van der Waals surface area (Å²) in [5.74, 6) is -0.514. The summed E-state index contributed by atoms with van der Waals surface area (Å²) >= 11 is 0. The van der Waals surface area contributed by atoms with Crippen molar-refractivity contribution in [1.29, 1.82) is 0 Å². The lowest BCUT2D eigenvalue weighted by molar-refractivity contribution is 0.462. The Morgan fingerprint density at radius 2 is 1.57 bits per heavy atom. The maximum Gasteiger partial charge on any atom is 0.290 e. The van der Waals surface area contributed by atoms with E-state index < -0.39 is 11.3 Å². The third kappa shape index (κ3) is 2.43. The zero-order valence-electron chi connectivity index (χ0n) is 11.2. The monoisotopic (exact) mass is 279 g/mol. The molecule has 0 saturated carbocycles. The van der Waals surface area contributed by atoms with Crippen LogP contribution in [-0.4, -0.2) is 10.1 Å². The fourth-order valence-corrected chi connectivity index (χ4v) is 2.34. The number of rotatable bonds is 2. The highest BCUT2D eigenvalue weighted by Gasteiger charge is 2.12. The number of aromatic nitrogens is 1. The van der Waals surface area contributed by atoms with Crippen LogP contribution in [0.2, 0.25) is 0 Å². The molecule has 1 aromatic heterocycles. The van der Waals surface area contributed by atoms with Gasteiger partial charge in [-0.05, 0) is 17.7 Å². The number of fused-ring (bicyclic) bond motifs is 1. The van der Waals surface area contributed by atoms with Crippen LogP contribution in [0.3, 0.4) is 0 Å². The van der Waals surface area contributed by atoms with E-state index in [1.165, 1.54) is 0 Å². The van der Waals surface area contributed by atoms with Crippen LogP contribution in [0.5, 0.6) is 5.75 Å². The predicted molar refractivity (Wildman–Crippen MR) is 81.8 cm³/mol. The quantitative estimate of drug-likeness (QED) is 0.755. The Kier molecular flexibility index (Phi) is 3.28. The second kappa shape index (κ2) is 5.25. The molecule has 0 radical (unpaired) electrons. The van der Waals surface area contributed by atoms with Gasteiger partial charge in [0.2, 0.25) is 0 Å². The highest BCUT2D eigenvalue weighted by atomic mass is 16.3. The number of hydrogen-bond donors (Lipinski definition) is 2. The zero-order chi connectivity index (χ0) is 14.8. The van der Waals surface area contributed by atoms with Crippen molar-refractivity contribution in [2.75, 3.05) is 0 Å². The molecule has 0 aliphatic carbocycles. The first-order chi connectivity index (χ1) is 10.2. The Bertz CT molecular complexity index is 914. The second-order valence-electron chi connectivity index (χ2n) is 4.82. The lowest BCUT2D eigenvalue weighted by atomic mass is 10.0. The third-order valence-corrected chi connectivity index (χ3v) is 3.42. The normalized spacial score (nSPS) is 10.7. The Labute approximate surface area is 120 Å². The highest BCUT2D eigenvalue weighted by molar-refractivity contribution is 5.78. The van der Waals surface area contributed by atoms with Crippen molar-refractivity contribution in [2.45, 2.75) is 6.42 Å². The van der Waals surface area contributed by atoms with Gasteiger partial charge in [-0.15, -0.1) is 0 Å². The Hall–Kier alpha value is -2.88. The van der Waals surface area contributed by atoms with Crippen molar-refractivity contribution in [3.05, 3.63) is 86.3 Å². The predicted octanol–water partition coefficient (Wildman–Crippen LogP) is 2.18. The van der Waals surface area contributed by atoms with Gasteiger partial charge in [0.25, 0.3) is 5.56 Å². The van der Waals surface area contributed by atoms with Crippen LogP contribution in [0.15, 0.2) is 64.2 Å². The number of aromatic hydroxyl groups is 1. The second-order valence-corrected chi connectivity index (χ2v) is 4.82. The van der Waals surface area contributed by atoms with Gasteiger partial charge in [0.05, 0.1) is 11.1 Å². The zero-order valence-corrected chi connectivity index (χ0v) is 11.2. The van der Waals surface area contributed by atoms with Crippen LogP contribution in [0, 0.1) is 0 Å². The molecule has 1 heterocycles. The number of aromatic amines is 1. The maximum absolute atomic E-state index is 12.6. The molecule has 0 bridgehead atoms. The van der Waals surface area contributed by atoms with Crippen LogP contribution in [0.4, 0.5) is 0 Å². The van der Waals surface area contributed by atoms with Gasteiger partial charge in [0.1, 0.15) is 0 Å². The molecule has 3 rings (SSSR count). The van der Waals surface area contributed by atoms with Crippen molar-refractivity contribution >= 4 is 10.9 Å². The molecule has 0 saturated heterocycles. The average Bonchev–Trinajstić information content (AvgIpc) is 2.60. The SMILES string of the molecule is O=c1[nH]c2ccccc2c(=O)c(Cc2ccccc2)c1O. The largest absolute Gasteiger partial charge is 0.503 e. The smallest absolute Gasteiger partial charge is 0.290 e. The van der Waals surface area contributed by atoms with Gasteiger partial charge >= 0.3 is 0 Å². The molecule has 4 heteroatoms. The number of hydrogen-bond acceptors (Lipinski definition) is 3. The van der Waals surface area contributed by atoms with Gasteiger partial charge in [0, 0.05) is 11.8 Å². The van der Waals surface area contributed by atoms with Crippen LogP contribution >= 0.6 is 0 Å². The van der Waals surface area contributed by atoms with E-state index in [1.54, 1.807) is 24.3 Å². The van der Waals surface area contributed by atoms with E-state index in [2.05, 4.69) is 4.98 Å². The summed E-state index contributed by atoms with van der Waals surface area (Å²) in [7, 11) is 0. The van der Waals surface area contributed by atoms with Crippen molar-refractivity contribution in [2.24, 2.45) is 0 Å². The number of nitrogens with one attached hydrogen (secondary N) is 1. The summed E-state index contributed by atoms with van der Waals surface area (Å²) in [6, 6.07) is 16.0. The molecule has 4 nitrogen and oxygen atoms in total. The summed E-state index contributed by atoms with van der Waals surface area (Å²) in [6.07, 6.45) is 0.216. The van der Waals surface area contributed by atoms with E-state index in [0.29, 0.717) is 10.9 Å². The van der Waals surface area contributed by atoms with E-state index in [4.69, 9.17) is 0 Å².